The lowest BCUT2D eigenvalue weighted by Gasteiger charge is -2.14. The lowest BCUT2D eigenvalue weighted by atomic mass is 10.00. The van der Waals surface area contributed by atoms with Gasteiger partial charge in [0.1, 0.15) is 0 Å². The summed E-state index contributed by atoms with van der Waals surface area (Å²) in [5.41, 5.74) is 7.72. The van der Waals surface area contributed by atoms with Crippen molar-refractivity contribution in [2.45, 2.75) is 39.7 Å². The maximum atomic E-state index is 10.6. The van der Waals surface area contributed by atoms with Crippen LogP contribution in [0.5, 0.6) is 0 Å². The van der Waals surface area contributed by atoms with Gasteiger partial charge in [0.2, 0.25) is 5.91 Å². The normalized spacial score (nSPS) is 12.7. The highest BCUT2D eigenvalue weighted by molar-refractivity contribution is 5.73. The van der Waals surface area contributed by atoms with Crippen LogP contribution in [0.3, 0.4) is 0 Å². The van der Waals surface area contributed by atoms with E-state index in [0.29, 0.717) is 18.9 Å². The summed E-state index contributed by atoms with van der Waals surface area (Å²) in [5, 5.41) is 3.29. The van der Waals surface area contributed by atoms with Crippen molar-refractivity contribution in [3.05, 3.63) is 35.4 Å². The molecule has 1 rings (SSSR count). The minimum absolute atomic E-state index is 0.248. The van der Waals surface area contributed by atoms with Crippen molar-refractivity contribution in [3.8, 4) is 0 Å². The standard InChI is InChI=1S/C15H24N2O/c1-11(2)10-13-4-6-14(7-5-13)12(3)17-9-8-15(16)18/h4-7,11-12,17H,8-10H2,1-3H3,(H2,16,18). The topological polar surface area (TPSA) is 55.1 Å². The lowest BCUT2D eigenvalue weighted by Crippen LogP contribution is -2.24. The van der Waals surface area contributed by atoms with Crippen LogP contribution < -0.4 is 11.1 Å². The molecular weight excluding hydrogens is 224 g/mol. The number of rotatable bonds is 7. The number of carbonyl (C=O) groups is 1. The number of nitrogens with two attached hydrogens (primary N) is 1. The largest absolute Gasteiger partial charge is 0.370 e. The first-order valence-electron chi connectivity index (χ1n) is 6.59. The Balaban J connectivity index is 2.48. The summed E-state index contributed by atoms with van der Waals surface area (Å²) in [6.45, 7) is 7.17. The van der Waals surface area contributed by atoms with Gasteiger partial charge >= 0.3 is 0 Å². The van der Waals surface area contributed by atoms with Gasteiger partial charge in [0.15, 0.2) is 0 Å². The molecular formula is C15H24N2O. The zero-order valence-electron chi connectivity index (χ0n) is 11.6. The summed E-state index contributed by atoms with van der Waals surface area (Å²) in [6, 6.07) is 8.92. The summed E-state index contributed by atoms with van der Waals surface area (Å²) >= 11 is 0. The highest BCUT2D eigenvalue weighted by atomic mass is 16.1. The van der Waals surface area contributed by atoms with E-state index >= 15 is 0 Å². The Bertz CT molecular complexity index is 371. The molecule has 0 spiro atoms. The Morgan fingerprint density at radius 3 is 2.33 bits per heavy atom. The molecule has 3 nitrogen and oxygen atoms in total. The smallest absolute Gasteiger partial charge is 0.218 e. The fraction of sp³-hybridized carbons (Fsp3) is 0.533. The van der Waals surface area contributed by atoms with Crippen molar-refractivity contribution in [2.75, 3.05) is 6.54 Å². The van der Waals surface area contributed by atoms with E-state index in [1.807, 2.05) is 0 Å². The number of hydrogen-bond acceptors (Lipinski definition) is 2. The molecule has 1 amide bonds. The van der Waals surface area contributed by atoms with E-state index in [-0.39, 0.29) is 11.9 Å². The third-order valence-corrected chi connectivity index (χ3v) is 2.95. The fourth-order valence-electron chi connectivity index (χ4n) is 1.94. The van der Waals surface area contributed by atoms with E-state index < -0.39 is 0 Å². The van der Waals surface area contributed by atoms with Crippen molar-refractivity contribution < 1.29 is 4.79 Å². The molecule has 0 bridgehead atoms. The molecule has 1 atom stereocenters. The third kappa shape index (κ3) is 5.32. The summed E-state index contributed by atoms with van der Waals surface area (Å²) < 4.78 is 0. The molecule has 0 heterocycles. The van der Waals surface area contributed by atoms with Crippen LogP contribution in [0.4, 0.5) is 0 Å². The molecule has 3 N–H and O–H groups in total. The average Bonchev–Trinajstić information content (AvgIpc) is 2.28. The third-order valence-electron chi connectivity index (χ3n) is 2.95. The van der Waals surface area contributed by atoms with E-state index in [9.17, 15) is 4.79 Å². The summed E-state index contributed by atoms with van der Waals surface area (Å²) in [7, 11) is 0. The Morgan fingerprint density at radius 1 is 1.22 bits per heavy atom. The zero-order chi connectivity index (χ0) is 13.5. The Labute approximate surface area is 110 Å². The van der Waals surface area contributed by atoms with E-state index in [1.165, 1.54) is 11.1 Å². The van der Waals surface area contributed by atoms with Gasteiger partial charge in [-0.15, -0.1) is 0 Å². The second kappa shape index (κ2) is 7.17. The van der Waals surface area contributed by atoms with Gasteiger partial charge in [0, 0.05) is 19.0 Å². The lowest BCUT2D eigenvalue weighted by molar-refractivity contribution is -0.117. The predicted octanol–water partition coefficient (Wildman–Crippen LogP) is 2.41. The van der Waals surface area contributed by atoms with Crippen molar-refractivity contribution in [1.29, 1.82) is 0 Å². The first-order valence-corrected chi connectivity index (χ1v) is 6.59. The SMILES string of the molecule is CC(C)Cc1ccc(C(C)NCCC(N)=O)cc1. The zero-order valence-corrected chi connectivity index (χ0v) is 11.6. The van der Waals surface area contributed by atoms with E-state index in [2.05, 4.69) is 50.4 Å². The van der Waals surface area contributed by atoms with Gasteiger partial charge < -0.3 is 11.1 Å². The predicted molar refractivity (Wildman–Crippen MR) is 75.2 cm³/mol. The number of nitrogens with one attached hydrogen (secondary N) is 1. The molecule has 0 fully saturated rings. The first-order chi connectivity index (χ1) is 8.49. The minimum Gasteiger partial charge on any atom is -0.370 e. The Morgan fingerprint density at radius 2 is 1.83 bits per heavy atom. The molecule has 0 aliphatic rings. The maximum absolute atomic E-state index is 10.6. The molecule has 100 valence electrons. The van der Waals surface area contributed by atoms with Crippen molar-refractivity contribution in [3.63, 3.8) is 0 Å². The molecule has 0 aliphatic carbocycles. The van der Waals surface area contributed by atoms with Gasteiger partial charge in [0.25, 0.3) is 0 Å². The van der Waals surface area contributed by atoms with Gasteiger partial charge in [-0.1, -0.05) is 38.1 Å². The van der Waals surface area contributed by atoms with Crippen LogP contribution in [0.2, 0.25) is 0 Å². The van der Waals surface area contributed by atoms with Gasteiger partial charge in [-0.2, -0.15) is 0 Å². The number of carbonyl (C=O) groups excluding carboxylic acids is 1. The Kier molecular flexibility index (Phi) is 5.86. The molecule has 0 saturated carbocycles. The van der Waals surface area contributed by atoms with Crippen LogP contribution in [-0.4, -0.2) is 12.5 Å². The van der Waals surface area contributed by atoms with Crippen molar-refractivity contribution in [2.24, 2.45) is 11.7 Å². The molecule has 3 heteroatoms. The monoisotopic (exact) mass is 248 g/mol. The van der Waals surface area contributed by atoms with Gasteiger partial charge in [0.05, 0.1) is 0 Å². The molecule has 18 heavy (non-hydrogen) atoms. The molecule has 0 aliphatic heterocycles. The van der Waals surface area contributed by atoms with E-state index in [0.717, 1.165) is 6.42 Å². The van der Waals surface area contributed by atoms with E-state index in [4.69, 9.17) is 5.73 Å². The Hall–Kier alpha value is -1.35. The number of primary amides is 1. The van der Waals surface area contributed by atoms with E-state index in [1.54, 1.807) is 0 Å². The van der Waals surface area contributed by atoms with Crippen molar-refractivity contribution >= 4 is 5.91 Å². The van der Waals surface area contributed by atoms with Crippen LogP contribution in [0.15, 0.2) is 24.3 Å². The number of hydrogen-bond donors (Lipinski definition) is 2. The van der Waals surface area contributed by atoms with Gasteiger partial charge in [-0.3, -0.25) is 4.79 Å². The molecule has 1 aromatic carbocycles. The van der Waals surface area contributed by atoms with Crippen LogP contribution >= 0.6 is 0 Å². The molecule has 0 aromatic heterocycles. The summed E-state index contributed by atoms with van der Waals surface area (Å²) in [5.74, 6) is 0.420. The average molecular weight is 248 g/mol. The van der Waals surface area contributed by atoms with Crippen LogP contribution in [-0.2, 0) is 11.2 Å². The molecule has 0 radical (unpaired) electrons. The van der Waals surface area contributed by atoms with Crippen LogP contribution in [0.1, 0.15) is 44.4 Å². The van der Waals surface area contributed by atoms with Gasteiger partial charge in [-0.05, 0) is 30.4 Å². The minimum atomic E-state index is -0.262. The second-order valence-corrected chi connectivity index (χ2v) is 5.23. The van der Waals surface area contributed by atoms with Crippen LogP contribution in [0, 0.1) is 5.92 Å². The quantitative estimate of drug-likeness (QED) is 0.778. The number of benzene rings is 1. The van der Waals surface area contributed by atoms with Crippen molar-refractivity contribution in [1.82, 2.24) is 5.32 Å². The summed E-state index contributed by atoms with van der Waals surface area (Å²) in [4.78, 5) is 10.6. The highest BCUT2D eigenvalue weighted by Gasteiger charge is 2.05. The highest BCUT2D eigenvalue weighted by Crippen LogP contribution is 2.15. The summed E-state index contributed by atoms with van der Waals surface area (Å²) in [6.07, 6.45) is 1.50. The molecule has 1 unspecified atom stereocenters. The number of amides is 1. The molecule has 1 aromatic rings. The first kappa shape index (κ1) is 14.7. The maximum Gasteiger partial charge on any atom is 0.218 e. The fourth-order valence-corrected chi connectivity index (χ4v) is 1.94. The molecule has 0 saturated heterocycles. The van der Waals surface area contributed by atoms with Crippen LogP contribution in [0.25, 0.3) is 0 Å². The second-order valence-electron chi connectivity index (χ2n) is 5.23. The van der Waals surface area contributed by atoms with Gasteiger partial charge in [-0.25, -0.2) is 0 Å².